The van der Waals surface area contributed by atoms with Crippen LogP contribution in [-0.4, -0.2) is 26.2 Å². The quantitative estimate of drug-likeness (QED) is 0.854. The van der Waals surface area contributed by atoms with E-state index in [9.17, 15) is 0 Å². The zero-order chi connectivity index (χ0) is 13.8. The summed E-state index contributed by atoms with van der Waals surface area (Å²) >= 11 is 0. The molecule has 0 bridgehead atoms. The Bertz CT molecular complexity index is 517. The number of rotatable bonds is 6. The number of aromatic nitrogens is 4. The van der Waals surface area contributed by atoms with Crippen molar-refractivity contribution in [1.82, 2.24) is 19.7 Å². The molecule has 0 radical (unpaired) electrons. The predicted molar refractivity (Wildman–Crippen MR) is 71.6 cm³/mol. The summed E-state index contributed by atoms with van der Waals surface area (Å²) < 4.78 is 7.24. The molecule has 1 unspecified atom stereocenters. The monoisotopic (exact) mass is 263 g/mol. The first-order chi connectivity index (χ1) is 9.11. The molecule has 2 aromatic heterocycles. The summed E-state index contributed by atoms with van der Waals surface area (Å²) in [5.41, 5.74) is 7.04. The van der Waals surface area contributed by atoms with E-state index in [4.69, 9.17) is 10.3 Å². The van der Waals surface area contributed by atoms with Gasteiger partial charge in [-0.2, -0.15) is 4.98 Å². The van der Waals surface area contributed by atoms with Gasteiger partial charge in [-0.1, -0.05) is 19.0 Å². The van der Waals surface area contributed by atoms with Gasteiger partial charge in [0.15, 0.2) is 5.82 Å². The molecule has 6 nitrogen and oxygen atoms in total. The van der Waals surface area contributed by atoms with E-state index < -0.39 is 0 Å². The van der Waals surface area contributed by atoms with Gasteiger partial charge < -0.3 is 14.8 Å². The lowest BCUT2D eigenvalue weighted by Crippen LogP contribution is -2.21. The summed E-state index contributed by atoms with van der Waals surface area (Å²) in [6.45, 7) is 7.58. The zero-order valence-electron chi connectivity index (χ0n) is 11.7. The Morgan fingerprint density at radius 3 is 2.79 bits per heavy atom. The average molecular weight is 263 g/mol. The SMILES string of the molecule is Cc1noc(CCn2cncc2C(CN)C(C)C)n1. The van der Waals surface area contributed by atoms with Crippen LogP contribution in [0, 0.1) is 12.8 Å². The van der Waals surface area contributed by atoms with Crippen LogP contribution < -0.4 is 5.73 Å². The molecule has 0 aromatic carbocycles. The molecule has 0 saturated carbocycles. The highest BCUT2D eigenvalue weighted by molar-refractivity contribution is 5.08. The van der Waals surface area contributed by atoms with Crippen LogP contribution in [0.5, 0.6) is 0 Å². The minimum atomic E-state index is 0.326. The van der Waals surface area contributed by atoms with Crippen LogP contribution in [0.3, 0.4) is 0 Å². The van der Waals surface area contributed by atoms with Crippen molar-refractivity contribution in [2.75, 3.05) is 6.54 Å². The number of nitrogens with zero attached hydrogens (tertiary/aromatic N) is 4. The number of hydrogen-bond acceptors (Lipinski definition) is 5. The first-order valence-corrected chi connectivity index (χ1v) is 6.61. The molecule has 0 aliphatic carbocycles. The second kappa shape index (κ2) is 5.97. The third-order valence-electron chi connectivity index (χ3n) is 3.32. The fourth-order valence-electron chi connectivity index (χ4n) is 2.22. The normalized spacial score (nSPS) is 13.1. The third-order valence-corrected chi connectivity index (χ3v) is 3.32. The van der Waals surface area contributed by atoms with Gasteiger partial charge in [0, 0.05) is 37.3 Å². The van der Waals surface area contributed by atoms with Crippen LogP contribution in [0.25, 0.3) is 0 Å². The molecular formula is C13H21N5O. The van der Waals surface area contributed by atoms with Crippen molar-refractivity contribution in [2.45, 2.75) is 39.7 Å². The van der Waals surface area contributed by atoms with Crippen molar-refractivity contribution in [3.63, 3.8) is 0 Å². The standard InChI is InChI=1S/C13H21N5O/c1-9(2)11(6-14)12-7-15-8-18(12)5-4-13-16-10(3)17-19-13/h7-9,11H,4-6,14H2,1-3H3. The molecule has 1 atom stereocenters. The maximum absolute atomic E-state index is 5.86. The van der Waals surface area contributed by atoms with Gasteiger partial charge in [0.25, 0.3) is 0 Å². The number of imidazole rings is 1. The van der Waals surface area contributed by atoms with Gasteiger partial charge >= 0.3 is 0 Å². The molecule has 0 spiro atoms. The van der Waals surface area contributed by atoms with Gasteiger partial charge in [0.2, 0.25) is 5.89 Å². The van der Waals surface area contributed by atoms with Gasteiger partial charge in [-0.15, -0.1) is 0 Å². The summed E-state index contributed by atoms with van der Waals surface area (Å²) in [4.78, 5) is 8.44. The minimum absolute atomic E-state index is 0.326. The largest absolute Gasteiger partial charge is 0.339 e. The lowest BCUT2D eigenvalue weighted by molar-refractivity contribution is 0.366. The fourth-order valence-corrected chi connectivity index (χ4v) is 2.22. The molecule has 0 saturated heterocycles. The Morgan fingerprint density at radius 1 is 1.42 bits per heavy atom. The first-order valence-electron chi connectivity index (χ1n) is 6.61. The number of nitrogens with two attached hydrogens (primary N) is 1. The van der Waals surface area contributed by atoms with E-state index in [1.165, 1.54) is 5.69 Å². The molecule has 0 fully saturated rings. The lowest BCUT2D eigenvalue weighted by atomic mass is 9.93. The minimum Gasteiger partial charge on any atom is -0.339 e. The molecule has 2 heterocycles. The highest BCUT2D eigenvalue weighted by Crippen LogP contribution is 2.23. The van der Waals surface area contributed by atoms with Crippen LogP contribution in [0.2, 0.25) is 0 Å². The maximum Gasteiger partial charge on any atom is 0.228 e. The molecule has 2 rings (SSSR count). The molecule has 19 heavy (non-hydrogen) atoms. The third kappa shape index (κ3) is 3.20. The smallest absolute Gasteiger partial charge is 0.228 e. The summed E-state index contributed by atoms with van der Waals surface area (Å²) in [6, 6.07) is 0. The molecule has 2 N–H and O–H groups in total. The van der Waals surface area contributed by atoms with E-state index in [0.717, 1.165) is 6.54 Å². The fraction of sp³-hybridized carbons (Fsp3) is 0.615. The van der Waals surface area contributed by atoms with E-state index >= 15 is 0 Å². The first kappa shape index (κ1) is 13.7. The Labute approximate surface area is 113 Å². The molecule has 0 aliphatic heterocycles. The van der Waals surface area contributed by atoms with E-state index in [2.05, 4.69) is 33.5 Å². The number of aryl methyl sites for hydroxylation is 3. The van der Waals surface area contributed by atoms with E-state index in [1.54, 1.807) is 0 Å². The van der Waals surface area contributed by atoms with E-state index in [0.29, 0.717) is 36.5 Å². The topological polar surface area (TPSA) is 82.8 Å². The van der Waals surface area contributed by atoms with Gasteiger partial charge in [-0.05, 0) is 12.8 Å². The average Bonchev–Trinajstić information content (AvgIpc) is 2.96. The van der Waals surface area contributed by atoms with Crippen molar-refractivity contribution in [2.24, 2.45) is 11.7 Å². The maximum atomic E-state index is 5.86. The van der Waals surface area contributed by atoms with E-state index in [-0.39, 0.29) is 0 Å². The van der Waals surface area contributed by atoms with Gasteiger partial charge in [-0.25, -0.2) is 4.98 Å². The van der Waals surface area contributed by atoms with Crippen molar-refractivity contribution in [3.8, 4) is 0 Å². The molecule has 104 valence electrons. The van der Waals surface area contributed by atoms with Crippen molar-refractivity contribution < 1.29 is 4.52 Å². The second-order valence-electron chi connectivity index (χ2n) is 5.08. The molecular weight excluding hydrogens is 242 g/mol. The summed E-state index contributed by atoms with van der Waals surface area (Å²) in [6.07, 6.45) is 4.44. The van der Waals surface area contributed by atoms with Gasteiger partial charge in [-0.3, -0.25) is 0 Å². The van der Waals surface area contributed by atoms with Crippen LogP contribution in [0.1, 0.15) is 37.2 Å². The highest BCUT2D eigenvalue weighted by Gasteiger charge is 2.18. The van der Waals surface area contributed by atoms with Crippen LogP contribution in [-0.2, 0) is 13.0 Å². The number of hydrogen-bond donors (Lipinski definition) is 1. The molecule has 0 aliphatic rings. The second-order valence-corrected chi connectivity index (χ2v) is 5.08. The van der Waals surface area contributed by atoms with Crippen molar-refractivity contribution in [3.05, 3.63) is 29.9 Å². The van der Waals surface area contributed by atoms with Crippen molar-refractivity contribution >= 4 is 0 Å². The van der Waals surface area contributed by atoms with E-state index in [1.807, 2.05) is 19.4 Å². The highest BCUT2D eigenvalue weighted by atomic mass is 16.5. The summed E-state index contributed by atoms with van der Waals surface area (Å²) in [7, 11) is 0. The van der Waals surface area contributed by atoms with Crippen LogP contribution >= 0.6 is 0 Å². The summed E-state index contributed by atoms with van der Waals surface area (Å²) in [5.74, 6) is 2.15. The lowest BCUT2D eigenvalue weighted by Gasteiger charge is -2.20. The Morgan fingerprint density at radius 2 is 2.21 bits per heavy atom. The predicted octanol–water partition coefficient (Wildman–Crippen LogP) is 1.52. The Hall–Kier alpha value is -1.69. The molecule has 6 heteroatoms. The van der Waals surface area contributed by atoms with Crippen LogP contribution in [0.4, 0.5) is 0 Å². The van der Waals surface area contributed by atoms with Crippen LogP contribution in [0.15, 0.2) is 17.0 Å². The Balaban J connectivity index is 2.07. The molecule has 0 amide bonds. The van der Waals surface area contributed by atoms with Gasteiger partial charge in [0.1, 0.15) is 0 Å². The summed E-state index contributed by atoms with van der Waals surface area (Å²) in [5, 5.41) is 3.79. The van der Waals surface area contributed by atoms with Crippen molar-refractivity contribution in [1.29, 1.82) is 0 Å². The Kier molecular flexibility index (Phi) is 4.31. The van der Waals surface area contributed by atoms with Gasteiger partial charge in [0.05, 0.1) is 6.33 Å². The zero-order valence-corrected chi connectivity index (χ0v) is 11.7. The molecule has 2 aromatic rings.